The van der Waals surface area contributed by atoms with E-state index in [1.54, 1.807) is 24.3 Å². The third-order valence-corrected chi connectivity index (χ3v) is 10.2. The van der Waals surface area contributed by atoms with Crippen molar-refractivity contribution in [1.29, 1.82) is 0 Å². The molecule has 1 amide bonds. The predicted octanol–water partition coefficient (Wildman–Crippen LogP) is 5.58. The molecule has 1 aliphatic heterocycles. The minimum Gasteiger partial charge on any atom is -0.322 e. The van der Waals surface area contributed by atoms with E-state index in [9.17, 15) is 21.6 Å². The van der Waals surface area contributed by atoms with Gasteiger partial charge in [-0.25, -0.2) is 16.8 Å². The molecule has 1 heterocycles. The first-order chi connectivity index (χ1) is 17.5. The number of rotatable bonds is 7. The smallest absolute Gasteiger partial charge is 0.261 e. The zero-order chi connectivity index (χ0) is 26.8. The van der Waals surface area contributed by atoms with Gasteiger partial charge in [0.15, 0.2) is 0 Å². The molecule has 4 rings (SSSR count). The SMILES string of the molecule is CC1CCN(S(=O)(=O)c2ccc(Cl)c(C(=O)Nc3ccc(S(=O)(=O)Nc4ccc(Br)cc4)cc3)c2)CC1. The van der Waals surface area contributed by atoms with Gasteiger partial charge in [-0.3, -0.25) is 9.52 Å². The molecule has 1 aliphatic rings. The van der Waals surface area contributed by atoms with Gasteiger partial charge in [-0.1, -0.05) is 34.5 Å². The van der Waals surface area contributed by atoms with Crippen molar-refractivity contribution < 1.29 is 21.6 Å². The second-order valence-electron chi connectivity index (χ2n) is 8.82. The number of hydrogen-bond donors (Lipinski definition) is 2. The molecule has 37 heavy (non-hydrogen) atoms. The maximum atomic E-state index is 13.1. The van der Waals surface area contributed by atoms with Crippen LogP contribution >= 0.6 is 27.5 Å². The number of amides is 1. The fourth-order valence-corrected chi connectivity index (χ4v) is 6.88. The Hall–Kier alpha value is -2.44. The average Bonchev–Trinajstić information content (AvgIpc) is 2.86. The molecular weight excluding hydrogens is 602 g/mol. The number of sulfonamides is 2. The van der Waals surface area contributed by atoms with Crippen molar-refractivity contribution in [3.63, 3.8) is 0 Å². The molecule has 0 atom stereocenters. The summed E-state index contributed by atoms with van der Waals surface area (Å²) in [5.74, 6) is -0.145. The summed E-state index contributed by atoms with van der Waals surface area (Å²) in [4.78, 5) is 13.0. The van der Waals surface area contributed by atoms with Gasteiger partial charge in [0, 0.05) is 28.9 Å². The number of carbonyl (C=O) groups excluding carboxylic acids is 1. The van der Waals surface area contributed by atoms with Gasteiger partial charge in [-0.05, 0) is 85.5 Å². The summed E-state index contributed by atoms with van der Waals surface area (Å²) in [5, 5.41) is 2.74. The highest BCUT2D eigenvalue weighted by Crippen LogP contribution is 2.27. The monoisotopic (exact) mass is 625 g/mol. The van der Waals surface area contributed by atoms with E-state index < -0.39 is 26.0 Å². The molecule has 2 N–H and O–H groups in total. The van der Waals surface area contributed by atoms with Crippen LogP contribution in [0.4, 0.5) is 11.4 Å². The van der Waals surface area contributed by atoms with Crippen LogP contribution in [0.15, 0.2) is 81.0 Å². The van der Waals surface area contributed by atoms with Gasteiger partial charge < -0.3 is 5.32 Å². The van der Waals surface area contributed by atoms with Gasteiger partial charge in [-0.15, -0.1) is 0 Å². The maximum absolute atomic E-state index is 13.1. The molecule has 0 saturated carbocycles. The predicted molar refractivity (Wildman–Crippen MR) is 148 cm³/mol. The Kier molecular flexibility index (Phi) is 8.29. The Morgan fingerprint density at radius 2 is 1.46 bits per heavy atom. The van der Waals surface area contributed by atoms with E-state index in [1.165, 1.54) is 46.8 Å². The second-order valence-corrected chi connectivity index (χ2v) is 13.8. The lowest BCUT2D eigenvalue weighted by Gasteiger charge is -2.29. The van der Waals surface area contributed by atoms with Crippen LogP contribution in [0.5, 0.6) is 0 Å². The van der Waals surface area contributed by atoms with Crippen molar-refractivity contribution >= 4 is 64.9 Å². The van der Waals surface area contributed by atoms with E-state index in [1.807, 2.05) is 0 Å². The molecule has 8 nitrogen and oxygen atoms in total. The standard InChI is InChI=1S/C25H25BrClN3O5S2/c1-17-12-14-30(15-13-17)37(34,35)22-10-11-24(27)23(16-22)25(31)28-19-6-8-21(9-7-19)36(32,33)29-20-4-2-18(26)3-5-20/h2-11,16-17,29H,12-15H2,1H3,(H,28,31). The number of piperidine rings is 1. The molecule has 3 aromatic rings. The number of nitrogens with one attached hydrogen (secondary N) is 2. The molecule has 0 bridgehead atoms. The third-order valence-electron chi connectivity index (χ3n) is 6.08. The molecule has 0 aliphatic carbocycles. The van der Waals surface area contributed by atoms with Gasteiger partial charge in [0.1, 0.15) is 0 Å². The third kappa shape index (κ3) is 6.53. The van der Waals surface area contributed by atoms with Gasteiger partial charge in [-0.2, -0.15) is 4.31 Å². The zero-order valence-corrected chi connectivity index (χ0v) is 23.8. The molecule has 0 spiro atoms. The van der Waals surface area contributed by atoms with Crippen molar-refractivity contribution in [1.82, 2.24) is 4.31 Å². The number of hydrogen-bond acceptors (Lipinski definition) is 5. The van der Waals surface area contributed by atoms with Crippen molar-refractivity contribution in [3.8, 4) is 0 Å². The normalized spacial score (nSPS) is 15.3. The fraction of sp³-hybridized carbons (Fsp3) is 0.240. The first kappa shape index (κ1) is 27.6. The molecule has 12 heteroatoms. The Balaban J connectivity index is 1.49. The molecule has 3 aromatic carbocycles. The molecule has 0 radical (unpaired) electrons. The minimum atomic E-state index is -3.84. The van der Waals surface area contributed by atoms with Gasteiger partial charge in [0.25, 0.3) is 15.9 Å². The lowest BCUT2D eigenvalue weighted by atomic mass is 10.0. The van der Waals surface area contributed by atoms with Crippen molar-refractivity contribution in [3.05, 3.63) is 81.8 Å². The fourth-order valence-electron chi connectivity index (χ4n) is 3.86. The van der Waals surface area contributed by atoms with Crippen molar-refractivity contribution in [2.75, 3.05) is 23.1 Å². The van der Waals surface area contributed by atoms with E-state index in [-0.39, 0.29) is 20.4 Å². The molecule has 0 unspecified atom stereocenters. The van der Waals surface area contributed by atoms with Crippen LogP contribution < -0.4 is 10.0 Å². The van der Waals surface area contributed by atoms with Gasteiger partial charge >= 0.3 is 0 Å². The Morgan fingerprint density at radius 1 is 0.892 bits per heavy atom. The summed E-state index contributed by atoms with van der Waals surface area (Å²) < 4.78 is 56.3. The summed E-state index contributed by atoms with van der Waals surface area (Å²) in [7, 11) is -7.60. The molecule has 196 valence electrons. The quantitative estimate of drug-likeness (QED) is 0.356. The van der Waals surface area contributed by atoms with E-state index in [2.05, 4.69) is 32.9 Å². The van der Waals surface area contributed by atoms with Gasteiger partial charge in [0.05, 0.1) is 20.4 Å². The van der Waals surface area contributed by atoms with Crippen LogP contribution in [0.2, 0.25) is 5.02 Å². The molecular formula is C25H25BrClN3O5S2. The van der Waals surface area contributed by atoms with Gasteiger partial charge in [0.2, 0.25) is 10.0 Å². The molecule has 1 fully saturated rings. The minimum absolute atomic E-state index is 0.00159. The summed E-state index contributed by atoms with van der Waals surface area (Å²) in [6.45, 7) is 2.95. The van der Waals surface area contributed by atoms with Crippen LogP contribution in [0.1, 0.15) is 30.1 Å². The van der Waals surface area contributed by atoms with Crippen LogP contribution in [0.3, 0.4) is 0 Å². The topological polar surface area (TPSA) is 113 Å². The summed E-state index contributed by atoms with van der Waals surface area (Å²) in [5.41, 5.74) is 0.729. The highest BCUT2D eigenvalue weighted by molar-refractivity contribution is 9.10. The molecule has 1 saturated heterocycles. The van der Waals surface area contributed by atoms with E-state index in [0.29, 0.717) is 30.4 Å². The Labute approximate surface area is 230 Å². The van der Waals surface area contributed by atoms with E-state index >= 15 is 0 Å². The zero-order valence-electron chi connectivity index (χ0n) is 19.8. The van der Waals surface area contributed by atoms with Crippen LogP contribution in [-0.4, -0.2) is 40.1 Å². The number of anilines is 2. The van der Waals surface area contributed by atoms with E-state index in [4.69, 9.17) is 11.6 Å². The average molecular weight is 627 g/mol. The Morgan fingerprint density at radius 3 is 2.08 bits per heavy atom. The van der Waals surface area contributed by atoms with Crippen molar-refractivity contribution in [2.24, 2.45) is 5.92 Å². The number of nitrogens with zero attached hydrogens (tertiary/aromatic N) is 1. The number of benzene rings is 3. The lowest BCUT2D eigenvalue weighted by molar-refractivity contribution is 0.102. The first-order valence-electron chi connectivity index (χ1n) is 11.5. The summed E-state index contributed by atoms with van der Waals surface area (Å²) >= 11 is 9.52. The summed E-state index contributed by atoms with van der Waals surface area (Å²) in [6.07, 6.45) is 1.56. The highest BCUT2D eigenvalue weighted by atomic mass is 79.9. The molecule has 0 aromatic heterocycles. The second kappa shape index (κ2) is 11.1. The largest absolute Gasteiger partial charge is 0.322 e. The number of carbonyl (C=O) groups is 1. The van der Waals surface area contributed by atoms with Crippen molar-refractivity contribution in [2.45, 2.75) is 29.6 Å². The summed E-state index contributed by atoms with van der Waals surface area (Å²) in [6, 6.07) is 16.3. The van der Waals surface area contributed by atoms with Crippen LogP contribution in [0.25, 0.3) is 0 Å². The lowest BCUT2D eigenvalue weighted by Crippen LogP contribution is -2.37. The number of halogens is 2. The van der Waals surface area contributed by atoms with E-state index in [0.717, 1.165) is 17.3 Å². The van der Waals surface area contributed by atoms with Crippen LogP contribution in [-0.2, 0) is 20.0 Å². The maximum Gasteiger partial charge on any atom is 0.261 e. The van der Waals surface area contributed by atoms with Crippen LogP contribution in [0, 0.1) is 5.92 Å². The Bertz CT molecular complexity index is 1500. The first-order valence-corrected chi connectivity index (χ1v) is 15.5. The highest BCUT2D eigenvalue weighted by Gasteiger charge is 2.29.